The molecule has 2 heteroatoms. The van der Waals surface area contributed by atoms with Gasteiger partial charge in [0.15, 0.2) is 0 Å². The summed E-state index contributed by atoms with van der Waals surface area (Å²) in [5.74, 6) is 0. The molecule has 2 nitrogen and oxygen atoms in total. The van der Waals surface area contributed by atoms with Crippen molar-refractivity contribution in [2.24, 2.45) is 0 Å². The molecule has 51 heavy (non-hydrogen) atoms. The van der Waals surface area contributed by atoms with E-state index in [1.165, 1.54) is 82.6 Å². The van der Waals surface area contributed by atoms with E-state index in [1.807, 2.05) is 0 Å². The number of para-hydroxylation sites is 2. The molecule has 0 bridgehead atoms. The molecule has 2 aromatic heterocycles. The summed E-state index contributed by atoms with van der Waals surface area (Å²) in [4.78, 5) is 0. The maximum Gasteiger partial charge on any atom is 0.0548 e. The van der Waals surface area contributed by atoms with Crippen molar-refractivity contribution in [1.29, 1.82) is 0 Å². The highest BCUT2D eigenvalue weighted by Gasteiger charge is 2.20. The molecule has 0 amide bonds. The van der Waals surface area contributed by atoms with Crippen LogP contribution < -0.4 is 0 Å². The molecule has 8 aromatic carbocycles. The van der Waals surface area contributed by atoms with Gasteiger partial charge in [0.25, 0.3) is 0 Å². The first-order valence-electron chi connectivity index (χ1n) is 17.6. The quantitative estimate of drug-likeness (QED) is 0.175. The summed E-state index contributed by atoms with van der Waals surface area (Å²) in [6.07, 6.45) is 0. The van der Waals surface area contributed by atoms with Gasteiger partial charge in [0.2, 0.25) is 0 Å². The fourth-order valence-electron chi connectivity index (χ4n) is 7.96. The van der Waals surface area contributed by atoms with Crippen molar-refractivity contribution in [2.45, 2.75) is 6.92 Å². The average molecular weight is 651 g/mol. The Kier molecular flexibility index (Phi) is 6.75. The van der Waals surface area contributed by atoms with Crippen molar-refractivity contribution < 1.29 is 0 Å². The van der Waals surface area contributed by atoms with Gasteiger partial charge in [0, 0.05) is 32.9 Å². The summed E-state index contributed by atoms with van der Waals surface area (Å²) in [5.41, 5.74) is 15.7. The van der Waals surface area contributed by atoms with Gasteiger partial charge < -0.3 is 9.13 Å². The zero-order chi connectivity index (χ0) is 33.9. The number of fused-ring (bicyclic) bond motifs is 7. The number of hydrogen-bond acceptors (Lipinski definition) is 0. The molecule has 0 radical (unpaired) electrons. The van der Waals surface area contributed by atoms with Crippen molar-refractivity contribution in [3.8, 4) is 44.8 Å². The minimum atomic E-state index is 1.15. The van der Waals surface area contributed by atoms with Gasteiger partial charge in [-0.25, -0.2) is 0 Å². The Bertz CT molecular complexity index is 2890. The van der Waals surface area contributed by atoms with Crippen molar-refractivity contribution in [3.05, 3.63) is 194 Å². The van der Waals surface area contributed by atoms with Crippen LogP contribution in [0.15, 0.2) is 188 Å². The molecule has 0 aliphatic heterocycles. The Labute approximate surface area is 297 Å². The first-order valence-corrected chi connectivity index (χ1v) is 17.6. The molecular weight excluding hydrogens is 617 g/mol. The summed E-state index contributed by atoms with van der Waals surface area (Å²) >= 11 is 0. The molecule has 10 aromatic rings. The zero-order valence-electron chi connectivity index (χ0n) is 28.3. The Morgan fingerprint density at radius 2 is 0.686 bits per heavy atom. The van der Waals surface area contributed by atoms with Gasteiger partial charge in [-0.3, -0.25) is 0 Å². The van der Waals surface area contributed by atoms with E-state index in [9.17, 15) is 0 Å². The molecule has 2 heterocycles. The number of benzene rings is 8. The second-order valence-corrected chi connectivity index (χ2v) is 13.5. The lowest BCUT2D eigenvalue weighted by Crippen LogP contribution is -1.95. The minimum Gasteiger partial charge on any atom is -0.309 e. The largest absolute Gasteiger partial charge is 0.309 e. The molecule has 0 fully saturated rings. The normalized spacial score (nSPS) is 11.6. The SMILES string of the molecule is Cc1ccc(-c2ccc(-c3cccc(-n4c5ccccc5c5c6c7ccccc7n(-c7cccc(-c8ccccc8)c7)c6ccc54)c3)cc2)cc1. The van der Waals surface area contributed by atoms with Crippen LogP contribution in [0.4, 0.5) is 0 Å². The predicted molar refractivity (Wildman–Crippen MR) is 216 cm³/mol. The summed E-state index contributed by atoms with van der Waals surface area (Å²) in [5, 5.41) is 5.08. The second-order valence-electron chi connectivity index (χ2n) is 13.5. The van der Waals surface area contributed by atoms with E-state index in [2.05, 4.69) is 204 Å². The van der Waals surface area contributed by atoms with Crippen LogP contribution in [0.5, 0.6) is 0 Å². The first-order chi connectivity index (χ1) is 25.2. The van der Waals surface area contributed by atoms with Crippen molar-refractivity contribution >= 4 is 43.6 Å². The molecule has 0 aliphatic carbocycles. The predicted octanol–water partition coefficient (Wildman–Crippen LogP) is 13.2. The zero-order valence-corrected chi connectivity index (χ0v) is 28.3. The van der Waals surface area contributed by atoms with Crippen LogP contribution in [0.1, 0.15) is 5.56 Å². The fraction of sp³-hybridized carbons (Fsp3) is 0.0204. The van der Waals surface area contributed by atoms with E-state index < -0.39 is 0 Å². The molecule has 0 N–H and O–H groups in total. The summed E-state index contributed by atoms with van der Waals surface area (Å²) in [6.45, 7) is 2.13. The highest BCUT2D eigenvalue weighted by atomic mass is 15.0. The molecule has 0 saturated heterocycles. The van der Waals surface area contributed by atoms with E-state index in [0.29, 0.717) is 0 Å². The van der Waals surface area contributed by atoms with Gasteiger partial charge in [-0.05, 0) is 88.8 Å². The lowest BCUT2D eigenvalue weighted by atomic mass is 9.99. The number of nitrogens with zero attached hydrogens (tertiary/aromatic N) is 2. The van der Waals surface area contributed by atoms with Crippen LogP contribution in [0.2, 0.25) is 0 Å². The van der Waals surface area contributed by atoms with E-state index in [4.69, 9.17) is 0 Å². The van der Waals surface area contributed by atoms with Crippen molar-refractivity contribution in [3.63, 3.8) is 0 Å². The standard InChI is InChI=1S/C49H34N2/c1-33-21-23-35(24-22-33)36-25-27-37(28-26-36)39-14-10-16-41(32-39)51-45-20-8-6-18-43(45)49-47(51)30-29-46-48(49)42-17-5-7-19-44(42)50(46)40-15-9-13-38(31-40)34-11-3-2-4-12-34/h2-32H,1H3. The van der Waals surface area contributed by atoms with Gasteiger partial charge in [0.1, 0.15) is 0 Å². The van der Waals surface area contributed by atoms with Gasteiger partial charge >= 0.3 is 0 Å². The Morgan fingerprint density at radius 1 is 0.294 bits per heavy atom. The molecule has 240 valence electrons. The Morgan fingerprint density at radius 3 is 1.20 bits per heavy atom. The van der Waals surface area contributed by atoms with Gasteiger partial charge in [0.05, 0.1) is 22.1 Å². The number of aromatic nitrogens is 2. The Balaban J connectivity index is 1.16. The molecular formula is C49H34N2. The summed E-state index contributed by atoms with van der Waals surface area (Å²) in [6, 6.07) is 68.5. The molecule has 0 spiro atoms. The van der Waals surface area contributed by atoms with Crippen LogP contribution in [0.25, 0.3) is 88.4 Å². The van der Waals surface area contributed by atoms with E-state index >= 15 is 0 Å². The van der Waals surface area contributed by atoms with Crippen LogP contribution in [-0.2, 0) is 0 Å². The molecule has 0 saturated carbocycles. The van der Waals surface area contributed by atoms with Gasteiger partial charge in [-0.2, -0.15) is 0 Å². The smallest absolute Gasteiger partial charge is 0.0548 e. The minimum absolute atomic E-state index is 1.15. The van der Waals surface area contributed by atoms with E-state index in [0.717, 1.165) is 11.4 Å². The topological polar surface area (TPSA) is 9.86 Å². The van der Waals surface area contributed by atoms with Crippen LogP contribution in [0, 0.1) is 6.92 Å². The maximum absolute atomic E-state index is 2.44. The van der Waals surface area contributed by atoms with Crippen molar-refractivity contribution in [2.75, 3.05) is 0 Å². The third-order valence-electron chi connectivity index (χ3n) is 10.4. The van der Waals surface area contributed by atoms with E-state index in [-0.39, 0.29) is 0 Å². The van der Waals surface area contributed by atoms with Crippen LogP contribution in [0.3, 0.4) is 0 Å². The maximum atomic E-state index is 2.44. The Hall–Kier alpha value is -6.64. The lowest BCUT2D eigenvalue weighted by Gasteiger charge is -2.12. The van der Waals surface area contributed by atoms with Gasteiger partial charge in [-0.1, -0.05) is 145 Å². The number of rotatable bonds is 5. The number of aryl methyl sites for hydroxylation is 1. The lowest BCUT2D eigenvalue weighted by molar-refractivity contribution is 1.17. The van der Waals surface area contributed by atoms with Crippen LogP contribution in [-0.4, -0.2) is 9.13 Å². The van der Waals surface area contributed by atoms with Crippen LogP contribution >= 0.6 is 0 Å². The third-order valence-corrected chi connectivity index (χ3v) is 10.4. The first kappa shape index (κ1) is 29.3. The second kappa shape index (κ2) is 11.8. The number of hydrogen-bond donors (Lipinski definition) is 0. The average Bonchev–Trinajstić information content (AvgIpc) is 3.72. The van der Waals surface area contributed by atoms with E-state index in [1.54, 1.807) is 0 Å². The molecule has 0 atom stereocenters. The summed E-state index contributed by atoms with van der Waals surface area (Å²) < 4.78 is 4.87. The molecule has 0 unspecified atom stereocenters. The fourth-order valence-corrected chi connectivity index (χ4v) is 7.96. The molecule has 10 rings (SSSR count). The highest BCUT2D eigenvalue weighted by Crippen LogP contribution is 2.43. The monoisotopic (exact) mass is 650 g/mol. The summed E-state index contributed by atoms with van der Waals surface area (Å²) in [7, 11) is 0. The van der Waals surface area contributed by atoms with Gasteiger partial charge in [-0.15, -0.1) is 0 Å². The van der Waals surface area contributed by atoms with Crippen molar-refractivity contribution in [1.82, 2.24) is 9.13 Å². The highest BCUT2D eigenvalue weighted by molar-refractivity contribution is 6.28. The third kappa shape index (κ3) is 4.80. The molecule has 0 aliphatic rings.